The Balaban J connectivity index is 1.52. The molecule has 0 saturated carbocycles. The van der Waals surface area contributed by atoms with Crippen molar-refractivity contribution in [2.75, 3.05) is 23.3 Å². The number of hydrogen-bond acceptors (Lipinski definition) is 2. The number of aromatic nitrogens is 1. The van der Waals surface area contributed by atoms with Gasteiger partial charge in [-0.3, -0.25) is 4.79 Å². The van der Waals surface area contributed by atoms with E-state index in [-0.39, 0.29) is 5.91 Å². The molecule has 1 fully saturated rings. The first-order valence-electron chi connectivity index (χ1n) is 8.93. The van der Waals surface area contributed by atoms with Gasteiger partial charge in [-0.15, -0.1) is 0 Å². The molecule has 0 radical (unpaired) electrons. The molecule has 0 aliphatic carbocycles. The Morgan fingerprint density at radius 2 is 1.68 bits per heavy atom. The molecule has 25 heavy (non-hydrogen) atoms. The predicted octanol–water partition coefficient (Wildman–Crippen LogP) is 4.42. The Hall–Kier alpha value is -2.75. The van der Waals surface area contributed by atoms with Gasteiger partial charge in [0, 0.05) is 48.6 Å². The Kier molecular flexibility index (Phi) is 4.18. The molecular formula is C21H23N3O. The average molecular weight is 333 g/mol. The molecule has 4 heteroatoms. The lowest BCUT2D eigenvalue weighted by Gasteiger charge is -2.28. The Labute approximate surface area is 148 Å². The number of carbonyl (C=O) groups is 1. The fraction of sp³-hybridized carbons (Fsp3) is 0.286. The summed E-state index contributed by atoms with van der Waals surface area (Å²) in [4.78, 5) is 15.1. The maximum absolute atomic E-state index is 12.7. The first-order chi connectivity index (χ1) is 12.2. The molecule has 0 spiro atoms. The van der Waals surface area contributed by atoms with E-state index in [0.29, 0.717) is 5.56 Å². The zero-order chi connectivity index (χ0) is 17.2. The Morgan fingerprint density at radius 1 is 0.960 bits per heavy atom. The van der Waals surface area contributed by atoms with Gasteiger partial charge < -0.3 is 14.8 Å². The summed E-state index contributed by atoms with van der Waals surface area (Å²) in [7, 11) is 1.96. The number of rotatable bonds is 3. The number of para-hydroxylation sites is 1. The van der Waals surface area contributed by atoms with E-state index in [9.17, 15) is 4.79 Å². The molecule has 0 bridgehead atoms. The van der Waals surface area contributed by atoms with E-state index in [1.807, 2.05) is 54.2 Å². The van der Waals surface area contributed by atoms with E-state index < -0.39 is 0 Å². The minimum Gasteiger partial charge on any atom is -0.372 e. The average Bonchev–Trinajstić information content (AvgIpc) is 3.00. The van der Waals surface area contributed by atoms with Crippen molar-refractivity contribution in [3.8, 4) is 0 Å². The van der Waals surface area contributed by atoms with E-state index in [1.165, 1.54) is 24.9 Å². The van der Waals surface area contributed by atoms with Crippen LogP contribution in [0.3, 0.4) is 0 Å². The number of anilines is 2. The second-order valence-electron chi connectivity index (χ2n) is 6.72. The summed E-state index contributed by atoms with van der Waals surface area (Å²) in [6.45, 7) is 2.25. The van der Waals surface area contributed by atoms with Crippen molar-refractivity contribution in [2.45, 2.75) is 19.3 Å². The van der Waals surface area contributed by atoms with Crippen LogP contribution in [-0.2, 0) is 7.05 Å². The van der Waals surface area contributed by atoms with Crippen molar-refractivity contribution in [1.29, 1.82) is 0 Å². The van der Waals surface area contributed by atoms with Crippen molar-refractivity contribution >= 4 is 28.2 Å². The topological polar surface area (TPSA) is 37.3 Å². The second kappa shape index (κ2) is 6.63. The lowest BCUT2D eigenvalue weighted by Crippen LogP contribution is -2.29. The van der Waals surface area contributed by atoms with Crippen LogP contribution in [-0.4, -0.2) is 23.6 Å². The van der Waals surface area contributed by atoms with Gasteiger partial charge in [0.15, 0.2) is 0 Å². The van der Waals surface area contributed by atoms with Gasteiger partial charge in [-0.25, -0.2) is 0 Å². The van der Waals surface area contributed by atoms with Crippen molar-refractivity contribution < 1.29 is 4.79 Å². The Bertz CT molecular complexity index is 889. The summed E-state index contributed by atoms with van der Waals surface area (Å²) in [6.07, 6.45) is 5.75. The molecule has 1 aromatic heterocycles. The number of carbonyl (C=O) groups excluding carboxylic acids is 1. The SMILES string of the molecule is Cn1cc(C(=O)Nc2ccc(N3CCCCC3)cc2)c2ccccc21. The van der Waals surface area contributed by atoms with Gasteiger partial charge in [-0.05, 0) is 49.6 Å². The number of benzene rings is 2. The number of hydrogen-bond donors (Lipinski definition) is 1. The molecule has 128 valence electrons. The summed E-state index contributed by atoms with van der Waals surface area (Å²) in [5, 5.41) is 4.00. The van der Waals surface area contributed by atoms with E-state index in [4.69, 9.17) is 0 Å². The summed E-state index contributed by atoms with van der Waals surface area (Å²) < 4.78 is 1.99. The summed E-state index contributed by atoms with van der Waals surface area (Å²) >= 11 is 0. The maximum Gasteiger partial charge on any atom is 0.257 e. The molecule has 3 aromatic rings. The highest BCUT2D eigenvalue weighted by Gasteiger charge is 2.14. The third kappa shape index (κ3) is 3.12. The standard InChI is InChI=1S/C21H23N3O/c1-23-15-19(18-7-3-4-8-20(18)23)21(25)22-16-9-11-17(12-10-16)24-13-5-2-6-14-24/h3-4,7-12,15H,2,5-6,13-14H2,1H3,(H,22,25). The van der Waals surface area contributed by atoms with Gasteiger partial charge in [0.05, 0.1) is 5.56 Å². The molecule has 0 unspecified atom stereocenters. The smallest absolute Gasteiger partial charge is 0.257 e. The van der Waals surface area contributed by atoms with Crippen LogP contribution in [0.2, 0.25) is 0 Å². The van der Waals surface area contributed by atoms with Crippen LogP contribution < -0.4 is 10.2 Å². The molecule has 1 N–H and O–H groups in total. The fourth-order valence-electron chi connectivity index (χ4n) is 3.63. The highest BCUT2D eigenvalue weighted by atomic mass is 16.1. The van der Waals surface area contributed by atoms with Crippen molar-refractivity contribution in [3.63, 3.8) is 0 Å². The molecule has 0 atom stereocenters. The molecular weight excluding hydrogens is 310 g/mol. The second-order valence-corrected chi connectivity index (χ2v) is 6.72. The van der Waals surface area contributed by atoms with Crippen LogP contribution >= 0.6 is 0 Å². The van der Waals surface area contributed by atoms with Crippen molar-refractivity contribution in [1.82, 2.24) is 4.57 Å². The van der Waals surface area contributed by atoms with Gasteiger partial charge in [0.25, 0.3) is 5.91 Å². The zero-order valence-corrected chi connectivity index (χ0v) is 14.5. The van der Waals surface area contributed by atoms with Crippen LogP contribution in [0, 0.1) is 0 Å². The van der Waals surface area contributed by atoms with E-state index in [2.05, 4.69) is 22.3 Å². The van der Waals surface area contributed by atoms with Crippen LogP contribution in [0.1, 0.15) is 29.6 Å². The van der Waals surface area contributed by atoms with E-state index in [1.54, 1.807) is 0 Å². The highest BCUT2D eigenvalue weighted by molar-refractivity contribution is 6.13. The molecule has 2 aromatic carbocycles. The molecule has 1 saturated heterocycles. The molecule has 4 nitrogen and oxygen atoms in total. The summed E-state index contributed by atoms with van der Waals surface area (Å²) in [5.41, 5.74) is 3.84. The van der Waals surface area contributed by atoms with Crippen molar-refractivity contribution in [3.05, 3.63) is 60.3 Å². The highest BCUT2D eigenvalue weighted by Crippen LogP contribution is 2.24. The normalized spacial score (nSPS) is 14.7. The van der Waals surface area contributed by atoms with Gasteiger partial charge in [-0.1, -0.05) is 18.2 Å². The molecule has 1 amide bonds. The third-order valence-electron chi connectivity index (χ3n) is 4.99. The van der Waals surface area contributed by atoms with Gasteiger partial charge >= 0.3 is 0 Å². The van der Waals surface area contributed by atoms with Gasteiger partial charge in [0.2, 0.25) is 0 Å². The first-order valence-corrected chi connectivity index (χ1v) is 8.93. The van der Waals surface area contributed by atoms with Gasteiger partial charge in [-0.2, -0.15) is 0 Å². The van der Waals surface area contributed by atoms with E-state index in [0.717, 1.165) is 29.7 Å². The predicted molar refractivity (Wildman–Crippen MR) is 103 cm³/mol. The van der Waals surface area contributed by atoms with Crippen LogP contribution in [0.15, 0.2) is 54.7 Å². The van der Waals surface area contributed by atoms with Crippen LogP contribution in [0.25, 0.3) is 10.9 Å². The molecule has 4 rings (SSSR count). The van der Waals surface area contributed by atoms with Crippen LogP contribution in [0.4, 0.5) is 11.4 Å². The monoisotopic (exact) mass is 333 g/mol. The Morgan fingerprint density at radius 3 is 2.44 bits per heavy atom. The summed E-state index contributed by atoms with van der Waals surface area (Å²) in [6, 6.07) is 16.2. The lowest BCUT2D eigenvalue weighted by atomic mass is 10.1. The zero-order valence-electron chi connectivity index (χ0n) is 14.5. The maximum atomic E-state index is 12.7. The number of aryl methyl sites for hydroxylation is 1. The van der Waals surface area contributed by atoms with Crippen LogP contribution in [0.5, 0.6) is 0 Å². The largest absolute Gasteiger partial charge is 0.372 e. The number of amides is 1. The first kappa shape index (κ1) is 15.8. The third-order valence-corrected chi connectivity index (χ3v) is 4.99. The van der Waals surface area contributed by atoms with Crippen molar-refractivity contribution in [2.24, 2.45) is 7.05 Å². The van der Waals surface area contributed by atoms with E-state index >= 15 is 0 Å². The fourth-order valence-corrected chi connectivity index (χ4v) is 3.63. The minimum absolute atomic E-state index is 0.0671. The number of nitrogens with zero attached hydrogens (tertiary/aromatic N) is 2. The molecule has 2 heterocycles. The van der Waals surface area contributed by atoms with Gasteiger partial charge in [0.1, 0.15) is 0 Å². The molecule has 1 aliphatic heterocycles. The number of piperidine rings is 1. The number of fused-ring (bicyclic) bond motifs is 1. The lowest BCUT2D eigenvalue weighted by molar-refractivity contribution is 0.102. The minimum atomic E-state index is -0.0671. The number of nitrogens with one attached hydrogen (secondary N) is 1. The quantitative estimate of drug-likeness (QED) is 0.770. The summed E-state index contributed by atoms with van der Waals surface area (Å²) in [5.74, 6) is -0.0671. The molecule has 1 aliphatic rings.